The lowest BCUT2D eigenvalue weighted by molar-refractivity contribution is -0.143. The molecule has 5 nitrogen and oxygen atoms in total. The maximum absolute atomic E-state index is 12.6. The summed E-state index contributed by atoms with van der Waals surface area (Å²) in [6.07, 6.45) is -2.44. The average molecular weight is 383 g/mol. The zero-order valence-corrected chi connectivity index (χ0v) is 15.7. The van der Waals surface area contributed by atoms with Crippen molar-refractivity contribution in [2.24, 2.45) is 4.99 Å². The van der Waals surface area contributed by atoms with E-state index in [1.54, 1.807) is 0 Å². The molecule has 2 fully saturated rings. The Kier molecular flexibility index (Phi) is 6.46. The molecule has 150 valence electrons. The predicted molar refractivity (Wildman–Crippen MR) is 102 cm³/mol. The Balaban J connectivity index is 1.50. The second kappa shape index (κ2) is 8.82. The summed E-state index contributed by atoms with van der Waals surface area (Å²) in [6, 6.07) is 10.6. The van der Waals surface area contributed by atoms with Crippen LogP contribution >= 0.6 is 0 Å². The Morgan fingerprint density at radius 2 is 1.74 bits per heavy atom. The van der Waals surface area contributed by atoms with Gasteiger partial charge in [0.05, 0.1) is 6.54 Å². The number of aliphatic imine (C=N–C) groups is 1. The van der Waals surface area contributed by atoms with Gasteiger partial charge in [-0.25, -0.2) is 0 Å². The summed E-state index contributed by atoms with van der Waals surface area (Å²) in [5.74, 6) is 0.705. The molecule has 2 aliphatic heterocycles. The third-order valence-corrected chi connectivity index (χ3v) is 4.98. The van der Waals surface area contributed by atoms with Gasteiger partial charge >= 0.3 is 6.18 Å². The van der Waals surface area contributed by atoms with Crippen LogP contribution in [0, 0.1) is 0 Å². The predicted octanol–water partition coefficient (Wildman–Crippen LogP) is 2.46. The van der Waals surface area contributed by atoms with Gasteiger partial charge < -0.3 is 15.5 Å². The van der Waals surface area contributed by atoms with Crippen molar-refractivity contribution in [1.29, 1.82) is 0 Å². The minimum atomic E-state index is -4.14. The van der Waals surface area contributed by atoms with Crippen LogP contribution in [-0.4, -0.2) is 68.4 Å². The molecule has 0 radical (unpaired) electrons. The van der Waals surface area contributed by atoms with E-state index in [2.05, 4.69) is 32.7 Å². The molecule has 0 aliphatic carbocycles. The van der Waals surface area contributed by atoms with Crippen LogP contribution < -0.4 is 15.5 Å². The summed E-state index contributed by atoms with van der Waals surface area (Å²) in [6.45, 7) is 4.46. The van der Waals surface area contributed by atoms with Gasteiger partial charge in [-0.15, -0.1) is 0 Å². The first-order valence-electron chi connectivity index (χ1n) is 9.59. The molecule has 0 amide bonds. The van der Waals surface area contributed by atoms with E-state index in [9.17, 15) is 13.2 Å². The Morgan fingerprint density at radius 3 is 2.41 bits per heavy atom. The number of nitrogens with zero attached hydrogens (tertiary/aromatic N) is 3. The summed E-state index contributed by atoms with van der Waals surface area (Å²) >= 11 is 0. The normalized spacial score (nSPS) is 24.4. The van der Waals surface area contributed by atoms with Crippen molar-refractivity contribution in [3.05, 3.63) is 30.3 Å². The number of hydrogen-bond donors (Lipinski definition) is 2. The number of nitrogens with one attached hydrogen (secondary N) is 2. The molecule has 2 aliphatic rings. The van der Waals surface area contributed by atoms with Crippen LogP contribution in [0.5, 0.6) is 0 Å². The maximum atomic E-state index is 12.6. The van der Waals surface area contributed by atoms with Gasteiger partial charge in [0, 0.05) is 50.5 Å². The molecule has 2 heterocycles. The first-order chi connectivity index (χ1) is 12.9. The van der Waals surface area contributed by atoms with Crippen molar-refractivity contribution in [3.8, 4) is 0 Å². The molecule has 0 saturated carbocycles. The number of likely N-dealkylation sites (tertiary alicyclic amines) is 1. The number of rotatable bonds is 5. The number of guanidine groups is 1. The molecule has 27 heavy (non-hydrogen) atoms. The lowest BCUT2D eigenvalue weighted by Gasteiger charge is -2.23. The number of halogens is 3. The molecule has 1 aromatic rings. The fourth-order valence-corrected chi connectivity index (χ4v) is 3.78. The van der Waals surface area contributed by atoms with Crippen molar-refractivity contribution < 1.29 is 13.2 Å². The van der Waals surface area contributed by atoms with E-state index in [0.29, 0.717) is 32.0 Å². The lowest BCUT2D eigenvalue weighted by atomic mass is 10.2. The molecule has 1 aromatic carbocycles. The van der Waals surface area contributed by atoms with E-state index in [4.69, 9.17) is 0 Å². The molecule has 2 atom stereocenters. The highest BCUT2D eigenvalue weighted by Gasteiger charge is 2.34. The van der Waals surface area contributed by atoms with Gasteiger partial charge in [0.25, 0.3) is 0 Å². The monoisotopic (exact) mass is 383 g/mol. The van der Waals surface area contributed by atoms with E-state index < -0.39 is 12.7 Å². The molecule has 0 bridgehead atoms. The zero-order valence-electron chi connectivity index (χ0n) is 15.7. The molecular weight excluding hydrogens is 355 g/mol. The fraction of sp³-hybridized carbons (Fsp3) is 0.632. The molecule has 2 saturated heterocycles. The SMILES string of the molecule is CCN=C(NC1CCN(CC(F)(F)F)C1)NC1CCN(c2ccccc2)C1. The third kappa shape index (κ3) is 6.02. The van der Waals surface area contributed by atoms with Gasteiger partial charge in [-0.05, 0) is 31.9 Å². The second-order valence-electron chi connectivity index (χ2n) is 7.21. The second-order valence-corrected chi connectivity index (χ2v) is 7.21. The molecule has 8 heteroatoms. The van der Waals surface area contributed by atoms with Crippen molar-refractivity contribution >= 4 is 11.6 Å². The Bertz CT molecular complexity index is 620. The van der Waals surface area contributed by atoms with Gasteiger partial charge in [-0.3, -0.25) is 9.89 Å². The van der Waals surface area contributed by atoms with Crippen LogP contribution in [0.1, 0.15) is 19.8 Å². The highest BCUT2D eigenvalue weighted by molar-refractivity contribution is 5.80. The van der Waals surface area contributed by atoms with Crippen LogP contribution in [-0.2, 0) is 0 Å². The van der Waals surface area contributed by atoms with Gasteiger partial charge in [0.2, 0.25) is 0 Å². The van der Waals surface area contributed by atoms with E-state index >= 15 is 0 Å². The van der Waals surface area contributed by atoms with Crippen molar-refractivity contribution in [2.75, 3.05) is 44.2 Å². The van der Waals surface area contributed by atoms with Gasteiger partial charge in [-0.1, -0.05) is 18.2 Å². The number of alkyl halides is 3. The molecule has 0 aromatic heterocycles. The smallest absolute Gasteiger partial charge is 0.369 e. The van der Waals surface area contributed by atoms with Gasteiger partial charge in [0.1, 0.15) is 0 Å². The van der Waals surface area contributed by atoms with Crippen molar-refractivity contribution in [2.45, 2.75) is 38.0 Å². The fourth-order valence-electron chi connectivity index (χ4n) is 3.78. The molecule has 0 spiro atoms. The highest BCUT2D eigenvalue weighted by atomic mass is 19.4. The summed E-state index contributed by atoms with van der Waals surface area (Å²) in [4.78, 5) is 8.27. The van der Waals surface area contributed by atoms with E-state index in [1.165, 1.54) is 10.6 Å². The molecule has 2 unspecified atom stereocenters. The molecular formula is C19H28F3N5. The van der Waals surface area contributed by atoms with Crippen molar-refractivity contribution in [3.63, 3.8) is 0 Å². The summed E-state index contributed by atoms with van der Waals surface area (Å²) in [5, 5.41) is 6.79. The van der Waals surface area contributed by atoms with Crippen LogP contribution in [0.25, 0.3) is 0 Å². The minimum absolute atomic E-state index is 0.00298. The number of anilines is 1. The summed E-state index contributed by atoms with van der Waals surface area (Å²) in [5.41, 5.74) is 1.21. The maximum Gasteiger partial charge on any atom is 0.401 e. The van der Waals surface area contributed by atoms with Gasteiger partial charge in [-0.2, -0.15) is 13.2 Å². The third-order valence-electron chi connectivity index (χ3n) is 4.98. The van der Waals surface area contributed by atoms with Crippen LogP contribution in [0.4, 0.5) is 18.9 Å². The Labute approximate surface area is 158 Å². The minimum Gasteiger partial charge on any atom is -0.369 e. The van der Waals surface area contributed by atoms with E-state index in [0.717, 1.165) is 19.5 Å². The van der Waals surface area contributed by atoms with E-state index in [1.807, 2.05) is 25.1 Å². The summed E-state index contributed by atoms with van der Waals surface area (Å²) in [7, 11) is 0. The molecule has 3 rings (SSSR count). The first-order valence-corrected chi connectivity index (χ1v) is 9.59. The average Bonchev–Trinajstić information content (AvgIpc) is 3.24. The van der Waals surface area contributed by atoms with Crippen LogP contribution in [0.15, 0.2) is 35.3 Å². The number of benzene rings is 1. The standard InChI is InChI=1S/C19H28F3N5/c1-2-23-18(24-15-8-10-26(12-15)14-19(20,21)22)25-16-9-11-27(13-16)17-6-4-3-5-7-17/h3-7,15-16H,2,8-14H2,1H3,(H2,23,24,25). The Morgan fingerprint density at radius 1 is 1.07 bits per heavy atom. The first kappa shape index (κ1) is 19.8. The van der Waals surface area contributed by atoms with Crippen LogP contribution in [0.2, 0.25) is 0 Å². The largest absolute Gasteiger partial charge is 0.401 e. The lowest BCUT2D eigenvalue weighted by Crippen LogP contribution is -2.49. The Hall–Kier alpha value is -1.96. The van der Waals surface area contributed by atoms with Crippen LogP contribution in [0.3, 0.4) is 0 Å². The zero-order chi connectivity index (χ0) is 19.3. The highest BCUT2D eigenvalue weighted by Crippen LogP contribution is 2.21. The summed E-state index contributed by atoms with van der Waals surface area (Å²) < 4.78 is 37.7. The van der Waals surface area contributed by atoms with Crippen molar-refractivity contribution in [1.82, 2.24) is 15.5 Å². The van der Waals surface area contributed by atoms with E-state index in [-0.39, 0.29) is 12.1 Å². The topological polar surface area (TPSA) is 42.9 Å². The quantitative estimate of drug-likeness (QED) is 0.606. The van der Waals surface area contributed by atoms with Gasteiger partial charge in [0.15, 0.2) is 5.96 Å². The molecule has 2 N–H and O–H groups in total. The number of para-hydroxylation sites is 1. The number of hydrogen-bond acceptors (Lipinski definition) is 3.